The third-order valence-electron chi connectivity index (χ3n) is 5.05. The standard InChI is InChI=1S/C24H33NO2/c1-6-11-21(20(9-4)16-19(7-2)8-3)12-10-13-24(26)22-15-14-18(5)23(17-22)25-27/h7,9,14-17,21H,2,6,8,10-13H2,1,3-5H3/b19-16+,20-9+. The number of Topliss-reactive ketones (excluding diaryl/α,β-unsaturated/α-hetero) is 1. The molecular formula is C24H33NO2. The summed E-state index contributed by atoms with van der Waals surface area (Å²) in [5.41, 5.74) is 4.30. The lowest BCUT2D eigenvalue weighted by Gasteiger charge is -2.18. The first-order chi connectivity index (χ1) is 13.0. The predicted octanol–water partition coefficient (Wildman–Crippen LogP) is 7.63. The fourth-order valence-corrected chi connectivity index (χ4v) is 3.32. The molecule has 0 spiro atoms. The van der Waals surface area contributed by atoms with Crippen LogP contribution in [0.2, 0.25) is 0 Å². The van der Waals surface area contributed by atoms with Gasteiger partial charge < -0.3 is 0 Å². The van der Waals surface area contributed by atoms with Crippen molar-refractivity contribution >= 4 is 11.5 Å². The largest absolute Gasteiger partial charge is 0.294 e. The average molecular weight is 368 g/mol. The molecule has 0 aromatic heterocycles. The number of ketones is 1. The molecule has 1 aromatic rings. The van der Waals surface area contributed by atoms with Crippen molar-refractivity contribution < 1.29 is 4.79 Å². The number of hydrogen-bond acceptors (Lipinski definition) is 3. The summed E-state index contributed by atoms with van der Waals surface area (Å²) in [4.78, 5) is 23.3. The van der Waals surface area contributed by atoms with Crippen molar-refractivity contribution in [3.63, 3.8) is 0 Å². The number of allylic oxidation sites excluding steroid dienone is 5. The molecule has 1 aromatic carbocycles. The van der Waals surface area contributed by atoms with Crippen molar-refractivity contribution in [2.24, 2.45) is 11.1 Å². The zero-order valence-electron chi connectivity index (χ0n) is 17.3. The summed E-state index contributed by atoms with van der Waals surface area (Å²) in [6.07, 6.45) is 11.9. The van der Waals surface area contributed by atoms with Crippen LogP contribution in [0, 0.1) is 17.7 Å². The van der Waals surface area contributed by atoms with Crippen LogP contribution in [0.1, 0.15) is 75.2 Å². The molecule has 0 heterocycles. The van der Waals surface area contributed by atoms with Gasteiger partial charge in [0.15, 0.2) is 5.78 Å². The summed E-state index contributed by atoms with van der Waals surface area (Å²) in [6, 6.07) is 5.17. The van der Waals surface area contributed by atoms with Crippen LogP contribution in [0.3, 0.4) is 0 Å². The number of aryl methyl sites for hydroxylation is 1. The van der Waals surface area contributed by atoms with Crippen molar-refractivity contribution in [1.29, 1.82) is 0 Å². The zero-order valence-corrected chi connectivity index (χ0v) is 17.3. The summed E-state index contributed by atoms with van der Waals surface area (Å²) in [5, 5.41) is 3.00. The second-order valence-corrected chi connectivity index (χ2v) is 6.96. The smallest absolute Gasteiger partial charge is 0.162 e. The van der Waals surface area contributed by atoms with Gasteiger partial charge in [-0.25, -0.2) is 0 Å². The van der Waals surface area contributed by atoms with Crippen molar-refractivity contribution in [2.45, 2.75) is 66.2 Å². The number of carbonyl (C=O) groups excluding carboxylic acids is 1. The van der Waals surface area contributed by atoms with Crippen molar-refractivity contribution in [3.05, 3.63) is 70.2 Å². The molecule has 1 rings (SSSR count). The lowest BCUT2D eigenvalue weighted by molar-refractivity contribution is 0.0978. The molecule has 27 heavy (non-hydrogen) atoms. The normalized spacial score (nSPS) is 13.3. The Morgan fingerprint density at radius 2 is 2.00 bits per heavy atom. The average Bonchev–Trinajstić information content (AvgIpc) is 2.68. The molecule has 0 N–H and O–H groups in total. The number of rotatable bonds is 12. The number of carbonyl (C=O) groups is 1. The second-order valence-electron chi connectivity index (χ2n) is 6.96. The Hall–Kier alpha value is -2.29. The topological polar surface area (TPSA) is 46.5 Å². The maximum Gasteiger partial charge on any atom is 0.162 e. The van der Waals surface area contributed by atoms with Crippen molar-refractivity contribution in [3.8, 4) is 0 Å². The van der Waals surface area contributed by atoms with Gasteiger partial charge in [-0.3, -0.25) is 4.79 Å². The van der Waals surface area contributed by atoms with Gasteiger partial charge in [-0.2, -0.15) is 0 Å². The zero-order chi connectivity index (χ0) is 20.2. The van der Waals surface area contributed by atoms with E-state index in [0.717, 1.165) is 37.7 Å². The van der Waals surface area contributed by atoms with Gasteiger partial charge >= 0.3 is 0 Å². The maximum atomic E-state index is 12.5. The minimum atomic E-state index is 0.0769. The summed E-state index contributed by atoms with van der Waals surface area (Å²) in [6.45, 7) is 12.1. The molecule has 0 bridgehead atoms. The van der Waals surface area contributed by atoms with Gasteiger partial charge in [0.1, 0.15) is 5.69 Å². The minimum absolute atomic E-state index is 0.0769. The van der Waals surface area contributed by atoms with E-state index in [-0.39, 0.29) is 5.78 Å². The Labute approximate surface area is 164 Å². The van der Waals surface area contributed by atoms with E-state index in [1.165, 1.54) is 11.1 Å². The molecule has 1 atom stereocenters. The second kappa shape index (κ2) is 12.2. The van der Waals surface area contributed by atoms with Gasteiger partial charge in [-0.15, -0.1) is 4.91 Å². The van der Waals surface area contributed by atoms with Crippen LogP contribution in [0.25, 0.3) is 0 Å². The SMILES string of the molecule is C=C/C(=C\C(=C/C)C(CCC)CCCC(=O)c1ccc(C)c(N=O)c1)CC. The summed E-state index contributed by atoms with van der Waals surface area (Å²) < 4.78 is 0. The third kappa shape index (κ3) is 7.09. The van der Waals surface area contributed by atoms with Crippen LogP contribution in [0.4, 0.5) is 5.69 Å². The Balaban J connectivity index is 2.77. The molecule has 0 aliphatic heterocycles. The van der Waals surface area contributed by atoms with Crippen molar-refractivity contribution in [2.75, 3.05) is 0 Å². The third-order valence-corrected chi connectivity index (χ3v) is 5.05. The first-order valence-corrected chi connectivity index (χ1v) is 9.97. The molecule has 0 saturated heterocycles. The first kappa shape index (κ1) is 22.8. The molecular weight excluding hydrogens is 334 g/mol. The predicted molar refractivity (Wildman–Crippen MR) is 116 cm³/mol. The fraction of sp³-hybridized carbons (Fsp3) is 0.458. The van der Waals surface area contributed by atoms with Gasteiger partial charge in [0.2, 0.25) is 0 Å². The Morgan fingerprint density at radius 1 is 1.26 bits per heavy atom. The highest BCUT2D eigenvalue weighted by Gasteiger charge is 2.14. The molecule has 0 fully saturated rings. The van der Waals surface area contributed by atoms with Gasteiger partial charge in [-0.1, -0.05) is 57.2 Å². The van der Waals surface area contributed by atoms with Crippen molar-refractivity contribution in [1.82, 2.24) is 0 Å². The van der Waals surface area contributed by atoms with E-state index in [4.69, 9.17) is 0 Å². The van der Waals surface area contributed by atoms with E-state index >= 15 is 0 Å². The van der Waals surface area contributed by atoms with Gasteiger partial charge in [0, 0.05) is 12.0 Å². The minimum Gasteiger partial charge on any atom is -0.294 e. The molecule has 0 amide bonds. The number of benzene rings is 1. The van der Waals surface area contributed by atoms with E-state index in [9.17, 15) is 9.70 Å². The van der Waals surface area contributed by atoms with Gasteiger partial charge in [0.25, 0.3) is 0 Å². The van der Waals surface area contributed by atoms with Crippen LogP contribution in [0.5, 0.6) is 0 Å². The Bertz CT molecular complexity index is 713. The number of nitroso groups, excluding NO2 is 1. The number of hydrogen-bond donors (Lipinski definition) is 0. The van der Waals surface area contributed by atoms with E-state index in [1.54, 1.807) is 18.2 Å². The number of nitrogens with zero attached hydrogens (tertiary/aromatic N) is 1. The highest BCUT2D eigenvalue weighted by Crippen LogP contribution is 2.27. The van der Waals surface area contributed by atoms with E-state index < -0.39 is 0 Å². The summed E-state index contributed by atoms with van der Waals surface area (Å²) in [7, 11) is 0. The molecule has 3 nitrogen and oxygen atoms in total. The van der Waals surface area contributed by atoms with Crippen LogP contribution in [-0.2, 0) is 0 Å². The summed E-state index contributed by atoms with van der Waals surface area (Å²) >= 11 is 0. The maximum absolute atomic E-state index is 12.5. The quantitative estimate of drug-likeness (QED) is 0.216. The fourth-order valence-electron chi connectivity index (χ4n) is 3.32. The molecule has 146 valence electrons. The summed E-state index contributed by atoms with van der Waals surface area (Å²) in [5.74, 6) is 0.535. The van der Waals surface area contributed by atoms with Crippen LogP contribution >= 0.6 is 0 Å². The first-order valence-electron chi connectivity index (χ1n) is 9.97. The molecule has 0 radical (unpaired) electrons. The van der Waals surface area contributed by atoms with Gasteiger partial charge in [-0.05, 0) is 73.4 Å². The Kier molecular flexibility index (Phi) is 10.2. The molecule has 0 saturated carbocycles. The highest BCUT2D eigenvalue weighted by atomic mass is 16.3. The lowest BCUT2D eigenvalue weighted by Crippen LogP contribution is -2.06. The molecule has 0 aliphatic carbocycles. The van der Waals surface area contributed by atoms with E-state index in [1.807, 2.05) is 13.0 Å². The highest BCUT2D eigenvalue weighted by molar-refractivity contribution is 5.96. The Morgan fingerprint density at radius 3 is 2.56 bits per heavy atom. The molecule has 3 heteroatoms. The monoisotopic (exact) mass is 367 g/mol. The molecule has 1 unspecified atom stereocenters. The molecule has 0 aliphatic rings. The van der Waals surface area contributed by atoms with Crippen LogP contribution in [0.15, 0.2) is 59.3 Å². The van der Waals surface area contributed by atoms with Crippen LogP contribution < -0.4 is 0 Å². The van der Waals surface area contributed by atoms with Gasteiger partial charge in [0.05, 0.1) is 0 Å². The van der Waals surface area contributed by atoms with E-state index in [2.05, 4.69) is 44.7 Å². The van der Waals surface area contributed by atoms with Crippen LogP contribution in [-0.4, -0.2) is 5.78 Å². The lowest BCUT2D eigenvalue weighted by atomic mass is 9.87. The van der Waals surface area contributed by atoms with E-state index in [0.29, 0.717) is 23.6 Å².